The number of carbonyl (C=O) groups is 2. The second kappa shape index (κ2) is 11.2. The van der Waals surface area contributed by atoms with Crippen LogP contribution in [-0.2, 0) is 4.79 Å². The molecule has 1 aliphatic heterocycles. The molecule has 5 nitrogen and oxygen atoms in total. The maximum atomic E-state index is 13.1. The van der Waals surface area contributed by atoms with Crippen molar-refractivity contribution in [3.05, 3.63) is 23.8 Å². The molecular formula is C24H37N3O2. The van der Waals surface area contributed by atoms with Crippen LogP contribution in [0.3, 0.4) is 0 Å². The fourth-order valence-electron chi connectivity index (χ4n) is 4.48. The Labute approximate surface area is 175 Å². The highest BCUT2D eigenvalue weighted by molar-refractivity contribution is 6.02. The number of rotatable bonds is 9. The first kappa shape index (κ1) is 21.7. The summed E-state index contributed by atoms with van der Waals surface area (Å²) in [5.74, 6) is 0.0338. The van der Waals surface area contributed by atoms with Gasteiger partial charge in [0.2, 0.25) is 5.91 Å². The molecule has 2 N–H and O–H groups in total. The van der Waals surface area contributed by atoms with Crippen molar-refractivity contribution < 1.29 is 9.59 Å². The normalized spacial score (nSPS) is 17.3. The van der Waals surface area contributed by atoms with Gasteiger partial charge in [-0.2, -0.15) is 0 Å². The van der Waals surface area contributed by atoms with Crippen LogP contribution in [0.5, 0.6) is 0 Å². The van der Waals surface area contributed by atoms with Crippen LogP contribution in [0.25, 0.3) is 0 Å². The number of amides is 2. The van der Waals surface area contributed by atoms with E-state index in [4.69, 9.17) is 0 Å². The van der Waals surface area contributed by atoms with E-state index >= 15 is 0 Å². The third kappa shape index (κ3) is 6.48. The summed E-state index contributed by atoms with van der Waals surface area (Å²) in [6.45, 7) is 4.15. The Hall–Kier alpha value is -2.04. The highest BCUT2D eigenvalue weighted by Crippen LogP contribution is 2.28. The van der Waals surface area contributed by atoms with E-state index in [1.54, 1.807) is 0 Å². The quantitative estimate of drug-likeness (QED) is 0.557. The fraction of sp³-hybridized carbons (Fsp3) is 0.667. The lowest BCUT2D eigenvalue weighted by Crippen LogP contribution is -2.37. The molecule has 2 amide bonds. The lowest BCUT2D eigenvalue weighted by Gasteiger charge is -2.25. The average molecular weight is 400 g/mol. The van der Waals surface area contributed by atoms with Crippen molar-refractivity contribution in [1.82, 2.24) is 5.32 Å². The van der Waals surface area contributed by atoms with Gasteiger partial charge in [-0.25, -0.2) is 0 Å². The number of nitrogens with zero attached hydrogens (tertiary/aromatic N) is 1. The molecule has 0 spiro atoms. The van der Waals surface area contributed by atoms with Gasteiger partial charge in [0, 0.05) is 36.9 Å². The van der Waals surface area contributed by atoms with Gasteiger partial charge in [-0.3, -0.25) is 9.59 Å². The number of unbranched alkanes of at least 4 members (excludes halogenated alkanes) is 3. The first-order valence-electron chi connectivity index (χ1n) is 11.7. The van der Waals surface area contributed by atoms with Crippen molar-refractivity contribution in [1.29, 1.82) is 0 Å². The molecule has 0 aromatic heterocycles. The van der Waals surface area contributed by atoms with Crippen LogP contribution in [0.4, 0.5) is 11.4 Å². The number of hydrogen-bond donors (Lipinski definition) is 2. The van der Waals surface area contributed by atoms with Crippen LogP contribution in [-0.4, -0.2) is 30.9 Å². The van der Waals surface area contributed by atoms with Crippen molar-refractivity contribution in [3.63, 3.8) is 0 Å². The second-order valence-corrected chi connectivity index (χ2v) is 8.59. The monoisotopic (exact) mass is 399 g/mol. The fourth-order valence-corrected chi connectivity index (χ4v) is 4.48. The van der Waals surface area contributed by atoms with Gasteiger partial charge in [0.1, 0.15) is 0 Å². The molecule has 1 heterocycles. The summed E-state index contributed by atoms with van der Waals surface area (Å²) in [7, 11) is 0. The first-order valence-corrected chi connectivity index (χ1v) is 11.7. The lowest BCUT2D eigenvalue weighted by molar-refractivity contribution is -0.116. The Kier molecular flexibility index (Phi) is 8.38. The molecule has 0 radical (unpaired) electrons. The predicted molar refractivity (Wildman–Crippen MR) is 120 cm³/mol. The minimum absolute atomic E-state index is 0.00200. The molecule has 0 atom stereocenters. The van der Waals surface area contributed by atoms with Crippen molar-refractivity contribution in [2.24, 2.45) is 0 Å². The van der Waals surface area contributed by atoms with Crippen molar-refractivity contribution in [2.45, 2.75) is 90.0 Å². The number of benzene rings is 1. The van der Waals surface area contributed by atoms with Gasteiger partial charge in [-0.05, 0) is 50.3 Å². The van der Waals surface area contributed by atoms with Crippen LogP contribution >= 0.6 is 0 Å². The predicted octanol–water partition coefficient (Wildman–Crippen LogP) is 5.26. The summed E-state index contributed by atoms with van der Waals surface area (Å²) >= 11 is 0. The minimum atomic E-state index is -0.00200. The third-order valence-corrected chi connectivity index (χ3v) is 6.17. The van der Waals surface area contributed by atoms with Crippen molar-refractivity contribution >= 4 is 23.2 Å². The second-order valence-electron chi connectivity index (χ2n) is 8.59. The zero-order chi connectivity index (χ0) is 20.5. The first-order chi connectivity index (χ1) is 14.2. The number of anilines is 2. The van der Waals surface area contributed by atoms with E-state index in [2.05, 4.69) is 22.5 Å². The van der Waals surface area contributed by atoms with Crippen LogP contribution in [0.2, 0.25) is 0 Å². The molecule has 1 aromatic carbocycles. The SMILES string of the molecule is CCCCCCC(=O)Nc1ccc(N2CCCC2)c(C(=O)NC2CCCCC2)c1. The molecule has 2 fully saturated rings. The summed E-state index contributed by atoms with van der Waals surface area (Å²) in [5.41, 5.74) is 2.42. The van der Waals surface area contributed by atoms with E-state index in [0.29, 0.717) is 12.0 Å². The molecule has 1 aliphatic carbocycles. The zero-order valence-electron chi connectivity index (χ0n) is 18.0. The smallest absolute Gasteiger partial charge is 0.253 e. The van der Waals surface area contributed by atoms with E-state index in [9.17, 15) is 9.59 Å². The van der Waals surface area contributed by atoms with E-state index in [-0.39, 0.29) is 17.9 Å². The maximum absolute atomic E-state index is 13.1. The Bertz CT molecular complexity index is 677. The van der Waals surface area contributed by atoms with Gasteiger partial charge in [-0.1, -0.05) is 45.4 Å². The molecule has 3 rings (SSSR count). The van der Waals surface area contributed by atoms with Crippen LogP contribution < -0.4 is 15.5 Å². The van der Waals surface area contributed by atoms with Crippen LogP contribution in [0, 0.1) is 0 Å². The Balaban J connectivity index is 1.69. The summed E-state index contributed by atoms with van der Waals surface area (Å²) in [6, 6.07) is 6.10. The molecule has 5 heteroatoms. The van der Waals surface area contributed by atoms with E-state index in [0.717, 1.165) is 50.1 Å². The highest BCUT2D eigenvalue weighted by atomic mass is 16.2. The van der Waals surface area contributed by atoms with E-state index < -0.39 is 0 Å². The molecule has 160 valence electrons. The standard InChI is InChI=1S/C24H37N3O2/c1-2-3-4-8-13-23(28)25-20-14-15-22(27-16-9-10-17-27)21(18-20)24(29)26-19-11-6-5-7-12-19/h14-15,18-19H,2-13,16-17H2,1H3,(H,25,28)(H,26,29). The molecular weight excluding hydrogens is 362 g/mol. The average Bonchev–Trinajstić information content (AvgIpc) is 3.26. The van der Waals surface area contributed by atoms with Crippen LogP contribution in [0.15, 0.2) is 18.2 Å². The van der Waals surface area contributed by atoms with E-state index in [1.807, 2.05) is 18.2 Å². The van der Waals surface area contributed by atoms with Crippen molar-refractivity contribution in [2.75, 3.05) is 23.3 Å². The van der Waals surface area contributed by atoms with E-state index in [1.165, 1.54) is 44.9 Å². The molecule has 1 aromatic rings. The number of nitrogens with one attached hydrogen (secondary N) is 2. The van der Waals surface area contributed by atoms with Gasteiger partial charge in [-0.15, -0.1) is 0 Å². The third-order valence-electron chi connectivity index (χ3n) is 6.17. The molecule has 0 bridgehead atoms. The summed E-state index contributed by atoms with van der Waals surface area (Å²) in [4.78, 5) is 27.7. The lowest BCUT2D eigenvalue weighted by atomic mass is 9.95. The summed E-state index contributed by atoms with van der Waals surface area (Å²) < 4.78 is 0. The minimum Gasteiger partial charge on any atom is -0.371 e. The van der Waals surface area contributed by atoms with Crippen LogP contribution in [0.1, 0.15) is 94.3 Å². The maximum Gasteiger partial charge on any atom is 0.253 e. The summed E-state index contributed by atoms with van der Waals surface area (Å²) in [5, 5.41) is 6.25. The topological polar surface area (TPSA) is 61.4 Å². The molecule has 2 aliphatic rings. The Morgan fingerprint density at radius 2 is 1.76 bits per heavy atom. The van der Waals surface area contributed by atoms with Gasteiger partial charge < -0.3 is 15.5 Å². The van der Waals surface area contributed by atoms with Gasteiger partial charge >= 0.3 is 0 Å². The molecule has 0 unspecified atom stereocenters. The Morgan fingerprint density at radius 1 is 1.00 bits per heavy atom. The van der Waals surface area contributed by atoms with Gasteiger partial charge in [0.15, 0.2) is 0 Å². The molecule has 29 heavy (non-hydrogen) atoms. The van der Waals surface area contributed by atoms with Gasteiger partial charge in [0.05, 0.1) is 5.56 Å². The molecule has 1 saturated heterocycles. The number of carbonyl (C=O) groups excluding carboxylic acids is 2. The number of hydrogen-bond acceptors (Lipinski definition) is 3. The van der Waals surface area contributed by atoms with Gasteiger partial charge in [0.25, 0.3) is 5.91 Å². The van der Waals surface area contributed by atoms with Crippen molar-refractivity contribution in [3.8, 4) is 0 Å². The molecule has 1 saturated carbocycles. The summed E-state index contributed by atoms with van der Waals surface area (Å²) in [6.07, 6.45) is 13.0. The zero-order valence-corrected chi connectivity index (χ0v) is 18.0. The Morgan fingerprint density at radius 3 is 2.48 bits per heavy atom. The highest BCUT2D eigenvalue weighted by Gasteiger charge is 2.23. The largest absolute Gasteiger partial charge is 0.371 e.